The van der Waals surface area contributed by atoms with Gasteiger partial charge in [0.05, 0.1) is 18.1 Å². The number of benzene rings is 1. The third kappa shape index (κ3) is 4.83. The van der Waals surface area contributed by atoms with E-state index < -0.39 is 0 Å². The molecule has 1 saturated heterocycles. The molecule has 3 heterocycles. The highest BCUT2D eigenvalue weighted by molar-refractivity contribution is 5.99. The molecule has 154 valence electrons. The number of aromatic nitrogens is 3. The SMILES string of the molecule is CCc1cccc(NC(=O)Nc2cnc(N3CCN(c4ccccn4)CC3)nc2)c1. The van der Waals surface area contributed by atoms with Crippen molar-refractivity contribution in [2.75, 3.05) is 46.6 Å². The summed E-state index contributed by atoms with van der Waals surface area (Å²) < 4.78 is 0. The first-order chi connectivity index (χ1) is 14.7. The number of carbonyl (C=O) groups excluding carboxylic acids is 1. The zero-order chi connectivity index (χ0) is 20.8. The summed E-state index contributed by atoms with van der Waals surface area (Å²) in [5.74, 6) is 1.66. The second-order valence-electron chi connectivity index (χ2n) is 7.07. The largest absolute Gasteiger partial charge is 0.353 e. The zero-order valence-electron chi connectivity index (χ0n) is 17.0. The molecular formula is C22H25N7O. The van der Waals surface area contributed by atoms with Gasteiger partial charge in [-0.15, -0.1) is 0 Å². The van der Waals surface area contributed by atoms with Gasteiger partial charge in [0.1, 0.15) is 5.82 Å². The molecule has 0 aliphatic carbocycles. The molecule has 0 bridgehead atoms. The number of pyridine rings is 1. The summed E-state index contributed by atoms with van der Waals surface area (Å²) in [6, 6.07) is 13.4. The van der Waals surface area contributed by atoms with Gasteiger partial charge >= 0.3 is 6.03 Å². The van der Waals surface area contributed by atoms with Gasteiger partial charge in [0.2, 0.25) is 5.95 Å². The molecule has 0 unspecified atom stereocenters. The van der Waals surface area contributed by atoms with Gasteiger partial charge in [-0.3, -0.25) is 0 Å². The van der Waals surface area contributed by atoms with Crippen molar-refractivity contribution >= 4 is 29.2 Å². The summed E-state index contributed by atoms with van der Waals surface area (Å²) in [5.41, 5.74) is 2.48. The minimum atomic E-state index is -0.316. The van der Waals surface area contributed by atoms with Crippen LogP contribution in [0.2, 0.25) is 0 Å². The first-order valence-electron chi connectivity index (χ1n) is 10.1. The average Bonchev–Trinajstić information content (AvgIpc) is 2.80. The Morgan fingerprint density at radius 3 is 2.33 bits per heavy atom. The fourth-order valence-electron chi connectivity index (χ4n) is 3.39. The van der Waals surface area contributed by atoms with Crippen molar-refractivity contribution in [1.29, 1.82) is 0 Å². The van der Waals surface area contributed by atoms with E-state index in [1.165, 1.54) is 5.56 Å². The molecule has 0 atom stereocenters. The van der Waals surface area contributed by atoms with Gasteiger partial charge in [-0.1, -0.05) is 25.1 Å². The molecule has 30 heavy (non-hydrogen) atoms. The highest BCUT2D eigenvalue weighted by Crippen LogP contribution is 2.17. The van der Waals surface area contributed by atoms with Gasteiger partial charge in [-0.25, -0.2) is 19.7 Å². The van der Waals surface area contributed by atoms with E-state index in [9.17, 15) is 4.79 Å². The molecular weight excluding hydrogens is 378 g/mol. The van der Waals surface area contributed by atoms with E-state index in [1.54, 1.807) is 12.4 Å². The van der Waals surface area contributed by atoms with Crippen LogP contribution in [0.3, 0.4) is 0 Å². The van der Waals surface area contributed by atoms with Crippen LogP contribution in [0.4, 0.5) is 27.9 Å². The lowest BCUT2D eigenvalue weighted by Crippen LogP contribution is -2.47. The van der Waals surface area contributed by atoms with Gasteiger partial charge in [-0.2, -0.15) is 0 Å². The Labute approximate surface area is 176 Å². The van der Waals surface area contributed by atoms with Crippen LogP contribution in [0.15, 0.2) is 61.1 Å². The van der Waals surface area contributed by atoms with Gasteiger partial charge in [0.15, 0.2) is 0 Å². The standard InChI is InChI=1S/C22H25N7O/c1-2-17-6-5-7-18(14-17)26-22(30)27-19-15-24-21(25-16-19)29-12-10-28(11-13-29)20-8-3-4-9-23-20/h3-9,14-16H,2,10-13H2,1H3,(H2,26,27,30). The Hall–Kier alpha value is -3.68. The van der Waals surface area contributed by atoms with Crippen molar-refractivity contribution in [3.63, 3.8) is 0 Å². The maximum absolute atomic E-state index is 12.2. The molecule has 2 amide bonds. The average molecular weight is 403 g/mol. The number of piperazine rings is 1. The smallest absolute Gasteiger partial charge is 0.323 e. The normalized spacial score (nSPS) is 13.8. The molecule has 0 spiro atoms. The Kier molecular flexibility index (Phi) is 6.03. The quantitative estimate of drug-likeness (QED) is 0.679. The summed E-state index contributed by atoms with van der Waals surface area (Å²) in [5, 5.41) is 5.61. The second-order valence-corrected chi connectivity index (χ2v) is 7.07. The molecule has 0 radical (unpaired) electrons. The molecule has 1 aliphatic heterocycles. The van der Waals surface area contributed by atoms with Crippen LogP contribution >= 0.6 is 0 Å². The Morgan fingerprint density at radius 2 is 1.63 bits per heavy atom. The monoisotopic (exact) mass is 403 g/mol. The van der Waals surface area contributed by atoms with Gasteiger partial charge in [0, 0.05) is 38.1 Å². The van der Waals surface area contributed by atoms with E-state index in [-0.39, 0.29) is 6.03 Å². The molecule has 3 aromatic rings. The van der Waals surface area contributed by atoms with Crippen LogP contribution in [-0.2, 0) is 6.42 Å². The van der Waals surface area contributed by atoms with E-state index in [0.717, 1.165) is 44.1 Å². The first-order valence-corrected chi connectivity index (χ1v) is 10.1. The molecule has 1 aliphatic rings. The highest BCUT2D eigenvalue weighted by atomic mass is 16.2. The lowest BCUT2D eigenvalue weighted by atomic mass is 10.1. The summed E-state index contributed by atoms with van der Waals surface area (Å²) >= 11 is 0. The highest BCUT2D eigenvalue weighted by Gasteiger charge is 2.19. The predicted octanol–water partition coefficient (Wildman–Crippen LogP) is 3.40. The molecule has 8 heteroatoms. The van der Waals surface area contributed by atoms with Crippen molar-refractivity contribution in [3.8, 4) is 0 Å². The van der Waals surface area contributed by atoms with E-state index in [4.69, 9.17) is 0 Å². The number of hydrogen-bond acceptors (Lipinski definition) is 6. The molecule has 8 nitrogen and oxygen atoms in total. The van der Waals surface area contributed by atoms with Crippen LogP contribution in [0, 0.1) is 0 Å². The summed E-state index contributed by atoms with van der Waals surface area (Å²) in [4.78, 5) is 29.9. The third-order valence-corrected chi connectivity index (χ3v) is 5.02. The number of aryl methyl sites for hydroxylation is 1. The first kappa shape index (κ1) is 19.6. The van der Waals surface area contributed by atoms with Gasteiger partial charge in [-0.05, 0) is 36.2 Å². The van der Waals surface area contributed by atoms with E-state index in [1.807, 2.05) is 48.7 Å². The van der Waals surface area contributed by atoms with E-state index in [0.29, 0.717) is 11.6 Å². The number of carbonyl (C=O) groups is 1. The lowest BCUT2D eigenvalue weighted by Gasteiger charge is -2.35. The predicted molar refractivity (Wildman–Crippen MR) is 119 cm³/mol. The number of amides is 2. The van der Waals surface area contributed by atoms with Crippen molar-refractivity contribution in [1.82, 2.24) is 15.0 Å². The Bertz CT molecular complexity index is 970. The second kappa shape index (κ2) is 9.21. The fraction of sp³-hybridized carbons (Fsp3) is 0.273. The van der Waals surface area contributed by atoms with Crippen LogP contribution in [0.25, 0.3) is 0 Å². The number of hydrogen-bond donors (Lipinski definition) is 2. The fourth-order valence-corrected chi connectivity index (χ4v) is 3.39. The Morgan fingerprint density at radius 1 is 0.900 bits per heavy atom. The zero-order valence-corrected chi connectivity index (χ0v) is 17.0. The molecule has 1 fully saturated rings. The third-order valence-electron chi connectivity index (χ3n) is 5.02. The van der Waals surface area contributed by atoms with Crippen LogP contribution in [-0.4, -0.2) is 47.2 Å². The van der Waals surface area contributed by atoms with Gasteiger partial charge in [0.25, 0.3) is 0 Å². The number of urea groups is 1. The topological polar surface area (TPSA) is 86.3 Å². The summed E-state index contributed by atoms with van der Waals surface area (Å²) in [6.07, 6.45) is 6.00. The molecule has 2 aromatic heterocycles. The minimum Gasteiger partial charge on any atom is -0.353 e. The van der Waals surface area contributed by atoms with Crippen molar-refractivity contribution in [2.45, 2.75) is 13.3 Å². The summed E-state index contributed by atoms with van der Waals surface area (Å²) in [7, 11) is 0. The number of rotatable bonds is 5. The van der Waals surface area contributed by atoms with Crippen LogP contribution in [0.1, 0.15) is 12.5 Å². The summed E-state index contributed by atoms with van der Waals surface area (Å²) in [6.45, 7) is 5.44. The Balaban J connectivity index is 1.30. The molecule has 2 N–H and O–H groups in total. The number of anilines is 4. The van der Waals surface area contributed by atoms with Crippen molar-refractivity contribution in [3.05, 3.63) is 66.6 Å². The minimum absolute atomic E-state index is 0.316. The lowest BCUT2D eigenvalue weighted by molar-refractivity contribution is 0.262. The number of nitrogens with one attached hydrogen (secondary N) is 2. The van der Waals surface area contributed by atoms with Crippen LogP contribution in [0.5, 0.6) is 0 Å². The molecule has 4 rings (SSSR count). The van der Waals surface area contributed by atoms with Crippen molar-refractivity contribution in [2.24, 2.45) is 0 Å². The maximum atomic E-state index is 12.2. The van der Waals surface area contributed by atoms with Gasteiger partial charge < -0.3 is 20.4 Å². The number of nitrogens with zero attached hydrogens (tertiary/aromatic N) is 5. The molecule has 0 saturated carbocycles. The van der Waals surface area contributed by atoms with Crippen molar-refractivity contribution < 1.29 is 4.79 Å². The van der Waals surface area contributed by atoms with E-state index in [2.05, 4.69) is 42.3 Å². The maximum Gasteiger partial charge on any atom is 0.323 e. The van der Waals surface area contributed by atoms with Crippen LogP contribution < -0.4 is 20.4 Å². The van der Waals surface area contributed by atoms with E-state index >= 15 is 0 Å². The molecule has 1 aromatic carbocycles.